The summed E-state index contributed by atoms with van der Waals surface area (Å²) >= 11 is 0. The van der Waals surface area contributed by atoms with Crippen LogP contribution in [0.3, 0.4) is 0 Å². The number of hydrogen-bond acceptors (Lipinski definition) is 2. The van der Waals surface area contributed by atoms with Crippen molar-refractivity contribution in [2.24, 2.45) is 11.8 Å². The van der Waals surface area contributed by atoms with E-state index in [1.807, 2.05) is 11.9 Å². The zero-order valence-corrected chi connectivity index (χ0v) is 16.7. The first kappa shape index (κ1) is 21.2. The molecular weight excluding hydrogens is 365 g/mol. The Balaban J connectivity index is 1.48. The summed E-state index contributed by atoms with van der Waals surface area (Å²) < 4.78 is 38.6. The minimum Gasteiger partial charge on any atom is -0.345 e. The van der Waals surface area contributed by atoms with Gasteiger partial charge in [0.05, 0.1) is 5.56 Å². The van der Waals surface area contributed by atoms with Crippen LogP contribution in [0.5, 0.6) is 0 Å². The summed E-state index contributed by atoms with van der Waals surface area (Å²) in [5.41, 5.74) is 0.152. The Labute approximate surface area is 165 Å². The standard InChI is InChI=1S/C22H31F3N2O/c1-26(21(28)19-8-2-3-9-19)15-18-7-5-12-27(16-18)13-11-17-6-4-10-20(14-17)22(23,24)25/h4,6,10,14,18-19H,2-3,5,7-9,11-13,15-16H2,1H3/t18-/m1/s1. The van der Waals surface area contributed by atoms with Gasteiger partial charge >= 0.3 is 6.18 Å². The Hall–Kier alpha value is -1.56. The van der Waals surface area contributed by atoms with Crippen molar-refractivity contribution in [3.8, 4) is 0 Å². The Bertz CT molecular complexity index is 655. The molecule has 0 spiro atoms. The third-order valence-corrected chi connectivity index (χ3v) is 6.19. The van der Waals surface area contributed by atoms with Crippen molar-refractivity contribution in [1.82, 2.24) is 9.80 Å². The van der Waals surface area contributed by atoms with E-state index in [2.05, 4.69) is 4.90 Å². The predicted molar refractivity (Wildman–Crippen MR) is 104 cm³/mol. The molecule has 1 aromatic rings. The van der Waals surface area contributed by atoms with Crippen molar-refractivity contribution < 1.29 is 18.0 Å². The van der Waals surface area contributed by atoms with E-state index < -0.39 is 11.7 Å². The van der Waals surface area contributed by atoms with Crippen LogP contribution in [0.2, 0.25) is 0 Å². The lowest BCUT2D eigenvalue weighted by Gasteiger charge is -2.35. The number of carbonyl (C=O) groups excluding carboxylic acids is 1. The molecule has 1 aliphatic carbocycles. The molecule has 6 heteroatoms. The van der Waals surface area contributed by atoms with E-state index in [-0.39, 0.29) is 5.92 Å². The summed E-state index contributed by atoms with van der Waals surface area (Å²) in [5, 5.41) is 0. The first-order valence-corrected chi connectivity index (χ1v) is 10.5. The number of nitrogens with zero attached hydrogens (tertiary/aromatic N) is 2. The van der Waals surface area contributed by atoms with Gasteiger partial charge in [0, 0.05) is 32.6 Å². The quantitative estimate of drug-likeness (QED) is 0.701. The number of rotatable bonds is 6. The molecule has 2 aliphatic rings. The lowest BCUT2D eigenvalue weighted by molar-refractivity contribution is -0.137. The molecule has 28 heavy (non-hydrogen) atoms. The third kappa shape index (κ3) is 5.72. The largest absolute Gasteiger partial charge is 0.416 e. The Morgan fingerprint density at radius 1 is 1.18 bits per heavy atom. The fraction of sp³-hybridized carbons (Fsp3) is 0.682. The van der Waals surface area contributed by atoms with Gasteiger partial charge in [-0.3, -0.25) is 4.79 Å². The molecule has 2 fully saturated rings. The first-order valence-electron chi connectivity index (χ1n) is 10.5. The van der Waals surface area contributed by atoms with Crippen LogP contribution < -0.4 is 0 Å². The smallest absolute Gasteiger partial charge is 0.345 e. The molecular formula is C22H31F3N2O. The van der Waals surface area contributed by atoms with Crippen LogP contribution >= 0.6 is 0 Å². The van der Waals surface area contributed by atoms with Crippen molar-refractivity contribution in [2.75, 3.05) is 33.2 Å². The Kier molecular flexibility index (Phi) is 7.02. The normalized spacial score (nSPS) is 21.8. The molecule has 0 unspecified atom stereocenters. The second-order valence-electron chi connectivity index (χ2n) is 8.46. The van der Waals surface area contributed by atoms with Crippen LogP contribution in [-0.4, -0.2) is 48.9 Å². The summed E-state index contributed by atoms with van der Waals surface area (Å²) in [4.78, 5) is 16.8. The van der Waals surface area contributed by atoms with Gasteiger partial charge in [-0.25, -0.2) is 0 Å². The highest BCUT2D eigenvalue weighted by atomic mass is 19.4. The molecule has 1 atom stereocenters. The number of carbonyl (C=O) groups is 1. The second-order valence-corrected chi connectivity index (χ2v) is 8.46. The molecule has 1 heterocycles. The molecule has 0 radical (unpaired) electrons. The zero-order chi connectivity index (χ0) is 20.1. The van der Waals surface area contributed by atoms with Gasteiger partial charge in [0.25, 0.3) is 0 Å². The van der Waals surface area contributed by atoms with Crippen LogP contribution in [0.25, 0.3) is 0 Å². The van der Waals surface area contributed by atoms with E-state index in [0.29, 0.717) is 18.2 Å². The average Bonchev–Trinajstić information content (AvgIpc) is 3.20. The van der Waals surface area contributed by atoms with Crippen LogP contribution in [0.15, 0.2) is 24.3 Å². The van der Waals surface area contributed by atoms with Gasteiger partial charge in [-0.05, 0) is 56.2 Å². The number of amides is 1. The number of benzene rings is 1. The van der Waals surface area contributed by atoms with Crippen molar-refractivity contribution in [2.45, 2.75) is 51.1 Å². The highest BCUT2D eigenvalue weighted by molar-refractivity contribution is 5.78. The van der Waals surface area contributed by atoms with E-state index in [9.17, 15) is 18.0 Å². The summed E-state index contributed by atoms with van der Waals surface area (Å²) in [6.45, 7) is 3.45. The maximum absolute atomic E-state index is 12.9. The molecule has 0 aromatic heterocycles. The Morgan fingerprint density at radius 2 is 1.93 bits per heavy atom. The minimum absolute atomic E-state index is 0.214. The SMILES string of the molecule is CN(C[C@H]1CCCN(CCc2cccc(C(F)(F)F)c2)C1)C(=O)C1CCCC1. The summed E-state index contributed by atoms with van der Waals surface area (Å²) in [5.74, 6) is 0.954. The maximum Gasteiger partial charge on any atom is 0.416 e. The molecule has 0 bridgehead atoms. The number of alkyl halides is 3. The van der Waals surface area contributed by atoms with Crippen molar-refractivity contribution in [3.63, 3.8) is 0 Å². The lowest BCUT2D eigenvalue weighted by atomic mass is 9.96. The highest BCUT2D eigenvalue weighted by Gasteiger charge is 2.31. The van der Waals surface area contributed by atoms with Gasteiger partial charge in [0.1, 0.15) is 0 Å². The monoisotopic (exact) mass is 396 g/mol. The Morgan fingerprint density at radius 3 is 2.64 bits per heavy atom. The molecule has 1 saturated carbocycles. The van der Waals surface area contributed by atoms with E-state index in [1.54, 1.807) is 6.07 Å². The van der Waals surface area contributed by atoms with E-state index in [4.69, 9.17) is 0 Å². The molecule has 1 amide bonds. The van der Waals surface area contributed by atoms with Crippen molar-refractivity contribution >= 4 is 5.91 Å². The number of piperidine rings is 1. The fourth-order valence-corrected chi connectivity index (χ4v) is 4.66. The number of halogens is 3. The van der Waals surface area contributed by atoms with Gasteiger partial charge in [0.15, 0.2) is 0 Å². The molecule has 1 aliphatic heterocycles. The predicted octanol–water partition coefficient (Wildman–Crippen LogP) is 4.61. The summed E-state index contributed by atoms with van der Waals surface area (Å²) in [6, 6.07) is 5.64. The summed E-state index contributed by atoms with van der Waals surface area (Å²) in [6.07, 6.45) is 2.90. The van der Waals surface area contributed by atoms with Gasteiger partial charge in [-0.15, -0.1) is 0 Å². The van der Waals surface area contributed by atoms with E-state index >= 15 is 0 Å². The zero-order valence-electron chi connectivity index (χ0n) is 16.7. The average molecular weight is 396 g/mol. The van der Waals surface area contributed by atoms with Gasteiger partial charge < -0.3 is 9.80 Å². The molecule has 3 rings (SSSR count). The third-order valence-electron chi connectivity index (χ3n) is 6.19. The molecule has 1 aromatic carbocycles. The number of likely N-dealkylation sites (tertiary alicyclic amines) is 1. The van der Waals surface area contributed by atoms with Gasteiger partial charge in [-0.2, -0.15) is 13.2 Å². The topological polar surface area (TPSA) is 23.6 Å². The first-order chi connectivity index (χ1) is 13.3. The van der Waals surface area contributed by atoms with Crippen LogP contribution in [0, 0.1) is 11.8 Å². The van der Waals surface area contributed by atoms with Crippen LogP contribution in [0.4, 0.5) is 13.2 Å². The van der Waals surface area contributed by atoms with Gasteiger partial charge in [0.2, 0.25) is 5.91 Å². The van der Waals surface area contributed by atoms with E-state index in [0.717, 1.165) is 76.3 Å². The highest BCUT2D eigenvalue weighted by Crippen LogP contribution is 2.30. The van der Waals surface area contributed by atoms with Crippen LogP contribution in [-0.2, 0) is 17.4 Å². The molecule has 3 nitrogen and oxygen atoms in total. The molecule has 0 N–H and O–H groups in total. The van der Waals surface area contributed by atoms with Crippen molar-refractivity contribution in [1.29, 1.82) is 0 Å². The second kappa shape index (κ2) is 9.29. The van der Waals surface area contributed by atoms with Crippen LogP contribution in [0.1, 0.15) is 49.7 Å². The van der Waals surface area contributed by atoms with Gasteiger partial charge in [-0.1, -0.05) is 31.0 Å². The summed E-state index contributed by atoms with van der Waals surface area (Å²) in [7, 11) is 1.92. The fourth-order valence-electron chi connectivity index (χ4n) is 4.66. The number of hydrogen-bond donors (Lipinski definition) is 0. The maximum atomic E-state index is 12.9. The lowest BCUT2D eigenvalue weighted by Crippen LogP contribution is -2.43. The molecule has 1 saturated heterocycles. The van der Waals surface area contributed by atoms with Crippen molar-refractivity contribution in [3.05, 3.63) is 35.4 Å². The van der Waals surface area contributed by atoms with E-state index in [1.165, 1.54) is 12.1 Å². The molecule has 156 valence electrons. The minimum atomic E-state index is -4.29.